The first-order chi connectivity index (χ1) is 7.37. The average molecular weight is 244 g/mol. The minimum Gasteiger partial charge on any atom is -0.445 e. The van der Waals surface area contributed by atoms with Gasteiger partial charge in [-0.15, -0.1) is 0 Å². The van der Waals surface area contributed by atoms with Crippen LogP contribution in [0, 0.1) is 0 Å². The maximum Gasteiger partial charge on any atom is 0.404 e. The Morgan fingerprint density at radius 2 is 2.19 bits per heavy atom. The minimum atomic E-state index is -3.31. The van der Waals surface area contributed by atoms with Gasteiger partial charge in [-0.25, -0.2) is 13.2 Å². The molecule has 1 amide bonds. The molecular weight excluding hydrogens is 232 g/mol. The molecule has 16 heavy (non-hydrogen) atoms. The van der Waals surface area contributed by atoms with Crippen molar-refractivity contribution >= 4 is 21.8 Å². The summed E-state index contributed by atoms with van der Waals surface area (Å²) in [6.45, 7) is 0.00855. The van der Waals surface area contributed by atoms with Crippen LogP contribution < -0.4 is 10.5 Å². The van der Waals surface area contributed by atoms with Crippen molar-refractivity contribution in [1.82, 2.24) is 0 Å². The monoisotopic (exact) mass is 244 g/mol. The second-order valence-corrected chi connectivity index (χ2v) is 4.93. The van der Waals surface area contributed by atoms with Crippen LogP contribution in [0.15, 0.2) is 24.3 Å². The van der Waals surface area contributed by atoms with E-state index in [1.807, 2.05) is 0 Å². The number of amides is 1. The first kappa shape index (κ1) is 12.3. The third-order valence-corrected chi connectivity index (χ3v) is 2.22. The number of hydrogen-bond acceptors (Lipinski definition) is 4. The van der Waals surface area contributed by atoms with Crippen LogP contribution in [-0.2, 0) is 21.4 Å². The van der Waals surface area contributed by atoms with Gasteiger partial charge in [-0.3, -0.25) is 4.72 Å². The Morgan fingerprint density at radius 1 is 1.50 bits per heavy atom. The van der Waals surface area contributed by atoms with E-state index < -0.39 is 16.1 Å². The zero-order chi connectivity index (χ0) is 12.2. The van der Waals surface area contributed by atoms with E-state index in [2.05, 4.69) is 9.46 Å². The van der Waals surface area contributed by atoms with Crippen molar-refractivity contribution < 1.29 is 17.9 Å². The van der Waals surface area contributed by atoms with Crippen LogP contribution in [0.2, 0.25) is 0 Å². The zero-order valence-corrected chi connectivity index (χ0v) is 9.45. The molecule has 0 bridgehead atoms. The molecule has 0 saturated heterocycles. The smallest absolute Gasteiger partial charge is 0.404 e. The van der Waals surface area contributed by atoms with Gasteiger partial charge in [0.25, 0.3) is 0 Å². The molecule has 0 aromatic heterocycles. The van der Waals surface area contributed by atoms with Crippen LogP contribution in [0.3, 0.4) is 0 Å². The summed E-state index contributed by atoms with van der Waals surface area (Å²) in [6, 6.07) is 6.49. The number of primary amides is 1. The highest BCUT2D eigenvalue weighted by atomic mass is 32.2. The summed E-state index contributed by atoms with van der Waals surface area (Å²) in [7, 11) is -3.31. The van der Waals surface area contributed by atoms with Gasteiger partial charge >= 0.3 is 6.09 Å². The normalized spacial score (nSPS) is 10.8. The standard InChI is InChI=1S/C9H12N2O4S/c1-16(13,14)11-8-4-2-3-7(5-8)6-15-9(10)12/h2-5,11H,6H2,1H3,(H2,10,12). The lowest BCUT2D eigenvalue weighted by Crippen LogP contribution is -2.13. The van der Waals surface area contributed by atoms with E-state index >= 15 is 0 Å². The predicted molar refractivity (Wildman–Crippen MR) is 59.3 cm³/mol. The lowest BCUT2D eigenvalue weighted by Gasteiger charge is -2.06. The van der Waals surface area contributed by atoms with Crippen LogP contribution in [0.25, 0.3) is 0 Å². The number of nitrogens with one attached hydrogen (secondary N) is 1. The molecule has 0 aliphatic heterocycles. The average Bonchev–Trinajstić information content (AvgIpc) is 2.12. The molecule has 1 aromatic carbocycles. The lowest BCUT2D eigenvalue weighted by molar-refractivity contribution is 0.150. The fourth-order valence-corrected chi connectivity index (χ4v) is 1.65. The van der Waals surface area contributed by atoms with E-state index in [4.69, 9.17) is 5.73 Å². The molecule has 0 spiro atoms. The Balaban J connectivity index is 2.75. The molecule has 0 aliphatic rings. The van der Waals surface area contributed by atoms with Gasteiger partial charge in [-0.1, -0.05) is 12.1 Å². The van der Waals surface area contributed by atoms with Crippen molar-refractivity contribution in [3.8, 4) is 0 Å². The number of anilines is 1. The van der Waals surface area contributed by atoms with Gasteiger partial charge in [0.05, 0.1) is 6.26 Å². The van der Waals surface area contributed by atoms with Gasteiger partial charge < -0.3 is 10.5 Å². The Bertz CT molecular complexity index is 484. The summed E-state index contributed by atoms with van der Waals surface area (Å²) in [5.74, 6) is 0. The van der Waals surface area contributed by atoms with E-state index in [1.165, 1.54) is 0 Å². The van der Waals surface area contributed by atoms with Gasteiger partial charge in [-0.2, -0.15) is 0 Å². The van der Waals surface area contributed by atoms with Crippen molar-refractivity contribution in [1.29, 1.82) is 0 Å². The topological polar surface area (TPSA) is 98.5 Å². The summed E-state index contributed by atoms with van der Waals surface area (Å²) in [4.78, 5) is 10.4. The Hall–Kier alpha value is -1.76. The molecule has 0 radical (unpaired) electrons. The van der Waals surface area contributed by atoms with Gasteiger partial charge in [0.1, 0.15) is 6.61 Å². The van der Waals surface area contributed by atoms with Gasteiger partial charge in [-0.05, 0) is 17.7 Å². The summed E-state index contributed by atoms with van der Waals surface area (Å²) in [6.07, 6.45) is 0.182. The largest absolute Gasteiger partial charge is 0.445 e. The molecule has 0 atom stereocenters. The van der Waals surface area contributed by atoms with Crippen molar-refractivity contribution in [2.24, 2.45) is 5.73 Å². The van der Waals surface area contributed by atoms with Crippen LogP contribution >= 0.6 is 0 Å². The van der Waals surface area contributed by atoms with E-state index in [0.717, 1.165) is 6.26 Å². The number of ether oxygens (including phenoxy) is 1. The Labute approximate surface area is 93.5 Å². The number of carbonyl (C=O) groups is 1. The molecule has 1 aromatic rings. The molecule has 0 aliphatic carbocycles. The second-order valence-electron chi connectivity index (χ2n) is 3.18. The van der Waals surface area contributed by atoms with E-state index in [9.17, 15) is 13.2 Å². The van der Waals surface area contributed by atoms with Crippen LogP contribution in [0.5, 0.6) is 0 Å². The summed E-state index contributed by atoms with van der Waals surface area (Å²) in [5, 5.41) is 0. The third kappa shape index (κ3) is 4.65. The molecule has 0 unspecified atom stereocenters. The fraction of sp³-hybridized carbons (Fsp3) is 0.222. The van der Waals surface area contributed by atoms with Crippen molar-refractivity contribution in [2.45, 2.75) is 6.61 Å². The number of benzene rings is 1. The van der Waals surface area contributed by atoms with E-state index in [-0.39, 0.29) is 6.61 Å². The fourth-order valence-electron chi connectivity index (χ4n) is 1.09. The number of rotatable bonds is 4. The SMILES string of the molecule is CS(=O)(=O)Nc1cccc(COC(N)=O)c1. The maximum atomic E-state index is 11.0. The highest BCUT2D eigenvalue weighted by molar-refractivity contribution is 7.92. The molecule has 0 saturated carbocycles. The predicted octanol–water partition coefficient (Wildman–Crippen LogP) is 0.653. The molecular formula is C9H12N2O4S. The highest BCUT2D eigenvalue weighted by Gasteiger charge is 2.03. The van der Waals surface area contributed by atoms with Crippen LogP contribution in [0.4, 0.5) is 10.5 Å². The van der Waals surface area contributed by atoms with Crippen molar-refractivity contribution in [3.63, 3.8) is 0 Å². The van der Waals surface area contributed by atoms with Crippen LogP contribution in [-0.4, -0.2) is 20.8 Å². The number of carbonyl (C=O) groups excluding carboxylic acids is 1. The molecule has 6 nitrogen and oxygen atoms in total. The minimum absolute atomic E-state index is 0.00855. The van der Waals surface area contributed by atoms with Gasteiger partial charge in [0.15, 0.2) is 0 Å². The molecule has 0 fully saturated rings. The zero-order valence-electron chi connectivity index (χ0n) is 8.64. The maximum absolute atomic E-state index is 11.0. The third-order valence-electron chi connectivity index (χ3n) is 1.61. The molecule has 0 heterocycles. The van der Waals surface area contributed by atoms with Gasteiger partial charge in [0, 0.05) is 5.69 Å². The summed E-state index contributed by atoms with van der Waals surface area (Å²) in [5.41, 5.74) is 5.86. The Kier molecular flexibility index (Phi) is 3.73. The summed E-state index contributed by atoms with van der Waals surface area (Å²) >= 11 is 0. The Morgan fingerprint density at radius 3 is 2.75 bits per heavy atom. The first-order valence-corrected chi connectivity index (χ1v) is 6.25. The molecule has 3 N–H and O–H groups in total. The van der Waals surface area contributed by atoms with Gasteiger partial charge in [0.2, 0.25) is 10.0 Å². The quantitative estimate of drug-likeness (QED) is 0.812. The summed E-state index contributed by atoms with van der Waals surface area (Å²) < 4.78 is 28.8. The number of hydrogen-bond donors (Lipinski definition) is 2. The van der Waals surface area contributed by atoms with Crippen LogP contribution in [0.1, 0.15) is 5.56 Å². The molecule has 88 valence electrons. The highest BCUT2D eigenvalue weighted by Crippen LogP contribution is 2.12. The molecule has 1 rings (SSSR count). The van der Waals surface area contributed by atoms with E-state index in [1.54, 1.807) is 24.3 Å². The lowest BCUT2D eigenvalue weighted by atomic mass is 10.2. The first-order valence-electron chi connectivity index (χ1n) is 4.36. The number of sulfonamides is 1. The number of nitrogens with two attached hydrogens (primary N) is 1. The van der Waals surface area contributed by atoms with E-state index in [0.29, 0.717) is 11.3 Å². The molecule has 7 heteroatoms. The van der Waals surface area contributed by atoms with Crippen molar-refractivity contribution in [2.75, 3.05) is 11.0 Å². The van der Waals surface area contributed by atoms with Crippen molar-refractivity contribution in [3.05, 3.63) is 29.8 Å². The second kappa shape index (κ2) is 4.84.